The first-order chi connectivity index (χ1) is 24.7. The van der Waals surface area contributed by atoms with Crippen LogP contribution in [0.5, 0.6) is 0 Å². The molecule has 0 bridgehead atoms. The number of hydrazine groups is 1. The van der Waals surface area contributed by atoms with E-state index in [1.54, 1.807) is 0 Å². The summed E-state index contributed by atoms with van der Waals surface area (Å²) in [6, 6.07) is 27.4. The van der Waals surface area contributed by atoms with Crippen LogP contribution >= 0.6 is 0 Å². The maximum atomic E-state index is 14.2. The predicted octanol–water partition coefficient (Wildman–Crippen LogP) is 7.47. The fourth-order valence-corrected chi connectivity index (χ4v) is 5.12. The number of nitrogens with zero attached hydrogens (tertiary/aromatic N) is 2. The first kappa shape index (κ1) is 40.5. The first-order valence-electron chi connectivity index (χ1n) is 17.9. The van der Waals surface area contributed by atoms with Crippen molar-refractivity contribution in [2.75, 3.05) is 13.1 Å². The van der Waals surface area contributed by atoms with Crippen molar-refractivity contribution >= 4 is 29.9 Å². The summed E-state index contributed by atoms with van der Waals surface area (Å²) in [5, 5.41) is 5.51. The van der Waals surface area contributed by atoms with E-state index >= 15 is 0 Å². The van der Waals surface area contributed by atoms with Gasteiger partial charge in [-0.25, -0.2) is 15.3 Å². The molecule has 51 heavy (non-hydrogen) atoms. The van der Waals surface area contributed by atoms with Crippen molar-refractivity contribution in [3.63, 3.8) is 0 Å². The van der Waals surface area contributed by atoms with Crippen LogP contribution in [0.4, 0.5) is 4.79 Å². The summed E-state index contributed by atoms with van der Waals surface area (Å²) in [5.74, 6) is -0.895. The zero-order chi connectivity index (χ0) is 36.8. The fraction of sp³-hybridized carbons (Fsp3) is 0.415. The maximum Gasteiger partial charge on any atom is 0.407 e. The van der Waals surface area contributed by atoms with Gasteiger partial charge in [0.05, 0.1) is 6.61 Å². The van der Waals surface area contributed by atoms with Crippen LogP contribution in [0.3, 0.4) is 0 Å². The van der Waals surface area contributed by atoms with Gasteiger partial charge in [-0.1, -0.05) is 137 Å². The van der Waals surface area contributed by atoms with Crippen LogP contribution < -0.4 is 10.8 Å². The quantitative estimate of drug-likeness (QED) is 0.0935. The van der Waals surface area contributed by atoms with Gasteiger partial charge in [-0.05, 0) is 47.8 Å². The number of amides is 4. The lowest BCUT2D eigenvalue weighted by atomic mass is 10.1. The Balaban J connectivity index is 1.82. The van der Waals surface area contributed by atoms with E-state index in [4.69, 9.17) is 9.57 Å². The molecule has 0 fully saturated rings. The van der Waals surface area contributed by atoms with E-state index in [-0.39, 0.29) is 69.2 Å². The van der Waals surface area contributed by atoms with Gasteiger partial charge in [0.25, 0.3) is 5.91 Å². The van der Waals surface area contributed by atoms with Crippen LogP contribution in [0, 0.1) is 11.8 Å². The van der Waals surface area contributed by atoms with Crippen molar-refractivity contribution in [3.8, 4) is 0 Å². The van der Waals surface area contributed by atoms with Gasteiger partial charge in [-0.3, -0.25) is 24.2 Å². The maximum absolute atomic E-state index is 14.2. The second-order valence-corrected chi connectivity index (χ2v) is 13.1. The number of benzene rings is 3. The summed E-state index contributed by atoms with van der Waals surface area (Å²) in [4.78, 5) is 60.1. The summed E-state index contributed by atoms with van der Waals surface area (Å²) >= 11 is 0. The number of hydrogen-bond acceptors (Lipinski definition) is 6. The Hall–Kier alpha value is -4.96. The number of hydrogen-bond donors (Lipinski definition) is 2. The van der Waals surface area contributed by atoms with E-state index in [1.165, 1.54) is 10.0 Å². The number of ether oxygens (including phenoxy) is 1. The molecule has 274 valence electrons. The molecule has 0 aliphatic heterocycles. The molecule has 10 nitrogen and oxygen atoms in total. The zero-order valence-electron chi connectivity index (χ0n) is 30.5. The summed E-state index contributed by atoms with van der Waals surface area (Å²) in [6.45, 7) is 8.81. The van der Waals surface area contributed by atoms with Crippen molar-refractivity contribution in [2.24, 2.45) is 11.8 Å². The summed E-state index contributed by atoms with van der Waals surface area (Å²) in [5.41, 5.74) is 5.24. The molecule has 2 atom stereocenters. The zero-order valence-corrected chi connectivity index (χ0v) is 30.5. The molecule has 3 aromatic carbocycles. The lowest BCUT2D eigenvalue weighted by molar-refractivity contribution is -0.176. The molecule has 0 aromatic heterocycles. The summed E-state index contributed by atoms with van der Waals surface area (Å²) in [6.07, 6.45) is 5.17. The average Bonchev–Trinajstić information content (AvgIpc) is 3.14. The number of hydroxylamine groups is 1. The van der Waals surface area contributed by atoms with Crippen molar-refractivity contribution in [2.45, 2.75) is 85.5 Å². The molecule has 10 heteroatoms. The molecule has 0 heterocycles. The van der Waals surface area contributed by atoms with Gasteiger partial charge in [-0.2, -0.15) is 0 Å². The van der Waals surface area contributed by atoms with Crippen LogP contribution in [-0.4, -0.2) is 53.0 Å². The highest BCUT2D eigenvalue weighted by molar-refractivity contribution is 5.89. The number of nitrogens with one attached hydrogen (secondary N) is 2. The smallest absolute Gasteiger partial charge is 0.407 e. The Morgan fingerprint density at radius 2 is 1.39 bits per heavy atom. The topological polar surface area (TPSA) is 117 Å². The molecular formula is C41H54N4O6. The molecule has 0 saturated carbocycles. The number of carbonyl (C=O) groups excluding carboxylic acids is 4. The number of alkyl carbamates (subject to hydrolysis) is 1. The molecule has 2 N–H and O–H groups in total. The second kappa shape index (κ2) is 22.7. The van der Waals surface area contributed by atoms with Gasteiger partial charge in [0.2, 0.25) is 11.8 Å². The Labute approximate surface area is 303 Å². The minimum atomic E-state index is -1.07. The van der Waals surface area contributed by atoms with Crippen LogP contribution in [-0.2, 0) is 37.2 Å². The molecule has 0 spiro atoms. The molecule has 0 aliphatic rings. The van der Waals surface area contributed by atoms with Gasteiger partial charge >= 0.3 is 6.09 Å². The van der Waals surface area contributed by atoms with Crippen LogP contribution in [0.25, 0.3) is 6.08 Å². The first-order valence-corrected chi connectivity index (χ1v) is 17.9. The van der Waals surface area contributed by atoms with Crippen molar-refractivity contribution in [1.29, 1.82) is 0 Å². The highest BCUT2D eigenvalue weighted by Gasteiger charge is 2.36. The Kier molecular flexibility index (Phi) is 18.0. The van der Waals surface area contributed by atoms with E-state index in [9.17, 15) is 19.2 Å². The van der Waals surface area contributed by atoms with E-state index in [1.807, 2.05) is 131 Å². The number of carbonyl (C=O) groups is 4. The van der Waals surface area contributed by atoms with Crippen molar-refractivity contribution < 1.29 is 28.8 Å². The molecule has 3 rings (SSSR count). The SMILES string of the molecule is CC[C@H](C)CN(C(=O)CCCNC(=O)OCc1ccccc1)N(C(=O)CCC(C)C)[C@@H](CC=Cc1ccccc1)C(=O)NOCc1ccccc1. The third-order valence-corrected chi connectivity index (χ3v) is 8.29. The minimum Gasteiger partial charge on any atom is -0.445 e. The summed E-state index contributed by atoms with van der Waals surface area (Å²) < 4.78 is 5.29. The highest BCUT2D eigenvalue weighted by Crippen LogP contribution is 2.20. The third kappa shape index (κ3) is 15.2. The van der Waals surface area contributed by atoms with Gasteiger partial charge in [0.1, 0.15) is 12.6 Å². The average molecular weight is 699 g/mol. The molecule has 0 unspecified atom stereocenters. The molecule has 0 aliphatic carbocycles. The van der Waals surface area contributed by atoms with Crippen molar-refractivity contribution in [1.82, 2.24) is 20.8 Å². The minimum absolute atomic E-state index is 0.0401. The molecule has 3 aromatic rings. The molecule has 0 saturated heterocycles. The fourth-order valence-electron chi connectivity index (χ4n) is 5.12. The monoisotopic (exact) mass is 698 g/mol. The van der Waals surface area contributed by atoms with Gasteiger partial charge in [0.15, 0.2) is 0 Å². The standard InChI is InChI=1S/C41H54N4O6/c1-5-33(4)29-44(38(46)25-16-28-42-41(49)50-30-35-19-11-7-12-20-35)45(39(47)27-26-32(2)3)37(24-15-23-34-17-9-6-10-18-34)40(48)43-51-31-36-21-13-8-14-22-36/h6-15,17-23,32-33,37H,5,16,24-31H2,1-4H3,(H,42,49)(H,43,48)/t33-,37-/m0/s1. The van der Waals surface area contributed by atoms with E-state index in [0.29, 0.717) is 12.8 Å². The van der Waals surface area contributed by atoms with Crippen molar-refractivity contribution in [3.05, 3.63) is 114 Å². The molecule has 0 radical (unpaired) electrons. The third-order valence-electron chi connectivity index (χ3n) is 8.29. The summed E-state index contributed by atoms with van der Waals surface area (Å²) in [7, 11) is 0. The van der Waals surface area contributed by atoms with E-state index < -0.39 is 18.0 Å². The predicted molar refractivity (Wildman–Crippen MR) is 199 cm³/mol. The Morgan fingerprint density at radius 3 is 2.00 bits per heavy atom. The molecule has 4 amide bonds. The van der Waals surface area contributed by atoms with E-state index in [0.717, 1.165) is 23.1 Å². The van der Waals surface area contributed by atoms with Gasteiger partial charge in [-0.15, -0.1) is 0 Å². The number of rotatable bonds is 20. The van der Waals surface area contributed by atoms with E-state index in [2.05, 4.69) is 10.8 Å². The van der Waals surface area contributed by atoms with Gasteiger partial charge in [0, 0.05) is 25.9 Å². The highest BCUT2D eigenvalue weighted by atomic mass is 16.7. The Morgan fingerprint density at radius 1 is 0.784 bits per heavy atom. The normalized spacial score (nSPS) is 12.3. The van der Waals surface area contributed by atoms with Crippen LogP contribution in [0.2, 0.25) is 0 Å². The van der Waals surface area contributed by atoms with Crippen LogP contribution in [0.15, 0.2) is 97.1 Å². The Bertz CT molecular complexity index is 1500. The molecular weight excluding hydrogens is 644 g/mol. The van der Waals surface area contributed by atoms with Gasteiger partial charge < -0.3 is 10.1 Å². The largest absolute Gasteiger partial charge is 0.445 e. The van der Waals surface area contributed by atoms with Crippen LogP contribution in [0.1, 0.15) is 82.9 Å². The second-order valence-electron chi connectivity index (χ2n) is 13.1. The lowest BCUT2D eigenvalue weighted by Gasteiger charge is -2.40. The lowest BCUT2D eigenvalue weighted by Crippen LogP contribution is -2.59.